The quantitative estimate of drug-likeness (QED) is 0.416. The Balaban J connectivity index is 1.74. The molecule has 1 aliphatic rings. The van der Waals surface area contributed by atoms with E-state index in [-0.39, 0.29) is 28.0 Å². The molecule has 1 fully saturated rings. The van der Waals surface area contributed by atoms with E-state index in [1.54, 1.807) is 37.0 Å². The summed E-state index contributed by atoms with van der Waals surface area (Å²) in [5.41, 5.74) is 0.664. The van der Waals surface area contributed by atoms with Crippen molar-refractivity contribution in [2.45, 2.75) is 44.6 Å². The molecule has 2 aromatic heterocycles. The van der Waals surface area contributed by atoms with Crippen molar-refractivity contribution in [3.8, 4) is 11.5 Å². The lowest BCUT2D eigenvalue weighted by atomic mass is 9.88. The fourth-order valence-electron chi connectivity index (χ4n) is 4.70. The van der Waals surface area contributed by atoms with Crippen molar-refractivity contribution in [1.29, 1.82) is 0 Å². The molecule has 2 aromatic carbocycles. The van der Waals surface area contributed by atoms with Crippen LogP contribution in [0.2, 0.25) is 0 Å². The van der Waals surface area contributed by atoms with Crippen LogP contribution in [0.1, 0.15) is 49.4 Å². The summed E-state index contributed by atoms with van der Waals surface area (Å²) in [5.74, 6) is 2.16. The Hall–Kier alpha value is -3.61. The molecule has 0 aliphatic heterocycles. The second-order valence-corrected chi connectivity index (χ2v) is 8.52. The van der Waals surface area contributed by atoms with E-state index in [9.17, 15) is 9.59 Å². The van der Waals surface area contributed by atoms with Crippen LogP contribution in [-0.4, -0.2) is 23.8 Å². The minimum absolute atomic E-state index is 0.0132. The van der Waals surface area contributed by atoms with E-state index >= 15 is 0 Å². The number of nitrogens with zero attached hydrogens (tertiary/aromatic N) is 2. The van der Waals surface area contributed by atoms with Gasteiger partial charge >= 0.3 is 0 Å². The predicted molar refractivity (Wildman–Crippen MR) is 127 cm³/mol. The normalized spacial score (nSPS) is 14.6. The van der Waals surface area contributed by atoms with E-state index in [1.165, 1.54) is 6.42 Å². The summed E-state index contributed by atoms with van der Waals surface area (Å²) in [6.07, 6.45) is 5.31. The first-order valence-electron chi connectivity index (χ1n) is 11.3. The molecule has 0 atom stereocenters. The highest BCUT2D eigenvalue weighted by Crippen LogP contribution is 2.32. The maximum Gasteiger partial charge on any atom is 0.269 e. The van der Waals surface area contributed by atoms with Crippen LogP contribution in [0.3, 0.4) is 0 Å². The number of rotatable bonds is 5. The predicted octanol–water partition coefficient (Wildman–Crippen LogP) is 4.62. The van der Waals surface area contributed by atoms with Gasteiger partial charge in [0.15, 0.2) is 5.39 Å². The molecule has 0 amide bonds. The summed E-state index contributed by atoms with van der Waals surface area (Å²) in [6, 6.07) is 12.5. The molecule has 33 heavy (non-hydrogen) atoms. The van der Waals surface area contributed by atoms with Crippen molar-refractivity contribution in [2.24, 2.45) is 0 Å². The van der Waals surface area contributed by atoms with E-state index in [0.717, 1.165) is 37.0 Å². The summed E-state index contributed by atoms with van der Waals surface area (Å²) in [6.45, 7) is 0.331. The molecule has 0 radical (unpaired) electrons. The Morgan fingerprint density at radius 2 is 1.67 bits per heavy atom. The number of hydrogen-bond donors (Lipinski definition) is 0. The first kappa shape index (κ1) is 21.2. The van der Waals surface area contributed by atoms with Gasteiger partial charge in [0.1, 0.15) is 22.9 Å². The van der Waals surface area contributed by atoms with Gasteiger partial charge in [-0.15, -0.1) is 0 Å². The minimum Gasteiger partial charge on any atom is -0.497 e. The molecule has 4 aromatic rings. The monoisotopic (exact) mass is 446 g/mol. The van der Waals surface area contributed by atoms with Crippen molar-refractivity contribution in [2.75, 3.05) is 14.2 Å². The fourth-order valence-corrected chi connectivity index (χ4v) is 4.70. The molecule has 0 N–H and O–H groups in total. The smallest absolute Gasteiger partial charge is 0.269 e. The van der Waals surface area contributed by atoms with Crippen LogP contribution >= 0.6 is 0 Å². The summed E-state index contributed by atoms with van der Waals surface area (Å²) in [5, 5.41) is 0.323. The number of fused-ring (bicyclic) bond motifs is 2. The van der Waals surface area contributed by atoms with Gasteiger partial charge in [0.2, 0.25) is 11.1 Å². The molecular weight excluding hydrogens is 420 g/mol. The average molecular weight is 447 g/mol. The maximum atomic E-state index is 13.7. The minimum atomic E-state index is -0.370. The van der Waals surface area contributed by atoms with Gasteiger partial charge in [-0.05, 0) is 42.7 Å². The van der Waals surface area contributed by atoms with Gasteiger partial charge in [-0.3, -0.25) is 14.2 Å². The highest BCUT2D eigenvalue weighted by Gasteiger charge is 2.25. The average Bonchev–Trinajstić information content (AvgIpc) is 2.86. The largest absolute Gasteiger partial charge is 0.497 e. The second kappa shape index (κ2) is 8.73. The molecule has 2 heterocycles. The number of benzene rings is 2. The number of aromatic nitrogens is 2. The molecular formula is C26H26N2O5. The van der Waals surface area contributed by atoms with Crippen molar-refractivity contribution < 1.29 is 13.9 Å². The molecule has 0 unspecified atom stereocenters. The molecule has 1 aliphatic carbocycles. The standard InChI is InChI=1S/C26H26N2O5/c1-31-18-10-8-16(9-11-18)15-28-24(17-6-4-3-5-7-17)27-25-22(26(28)30)23(29)20-13-12-19(32-2)14-21(20)33-25/h8-14,17H,3-7,15H2,1-2H3. The third kappa shape index (κ3) is 3.88. The van der Waals surface area contributed by atoms with Crippen LogP contribution in [0, 0.1) is 0 Å². The van der Waals surface area contributed by atoms with E-state index in [0.29, 0.717) is 29.1 Å². The van der Waals surface area contributed by atoms with E-state index in [4.69, 9.17) is 18.9 Å². The first-order chi connectivity index (χ1) is 16.1. The first-order valence-corrected chi connectivity index (χ1v) is 11.3. The molecule has 1 saturated carbocycles. The van der Waals surface area contributed by atoms with Crippen molar-refractivity contribution >= 4 is 22.1 Å². The van der Waals surface area contributed by atoms with Gasteiger partial charge < -0.3 is 13.9 Å². The molecule has 5 rings (SSSR count). The Kier molecular flexibility index (Phi) is 5.62. The molecule has 7 heteroatoms. The van der Waals surface area contributed by atoms with Gasteiger partial charge in [-0.1, -0.05) is 31.4 Å². The fraction of sp³-hybridized carbons (Fsp3) is 0.346. The Bertz CT molecular complexity index is 1430. The molecule has 0 saturated heterocycles. The Morgan fingerprint density at radius 3 is 2.36 bits per heavy atom. The highest BCUT2D eigenvalue weighted by molar-refractivity contribution is 5.88. The van der Waals surface area contributed by atoms with Gasteiger partial charge in [0, 0.05) is 12.0 Å². The van der Waals surface area contributed by atoms with Crippen LogP contribution in [0.25, 0.3) is 22.1 Å². The summed E-state index contributed by atoms with van der Waals surface area (Å²) in [7, 11) is 3.17. The van der Waals surface area contributed by atoms with E-state index in [2.05, 4.69) is 0 Å². The van der Waals surface area contributed by atoms with Crippen LogP contribution in [0.15, 0.2) is 56.5 Å². The van der Waals surface area contributed by atoms with Crippen LogP contribution in [-0.2, 0) is 6.54 Å². The molecule has 7 nitrogen and oxygen atoms in total. The number of methoxy groups -OCH3 is 2. The number of hydrogen-bond acceptors (Lipinski definition) is 6. The van der Waals surface area contributed by atoms with Gasteiger partial charge in [0.05, 0.1) is 26.2 Å². The van der Waals surface area contributed by atoms with E-state index in [1.807, 2.05) is 24.3 Å². The summed E-state index contributed by atoms with van der Waals surface area (Å²) in [4.78, 5) is 31.8. The molecule has 0 spiro atoms. The van der Waals surface area contributed by atoms with Crippen molar-refractivity contribution in [3.63, 3.8) is 0 Å². The van der Waals surface area contributed by atoms with Crippen LogP contribution < -0.4 is 20.5 Å². The van der Waals surface area contributed by atoms with Gasteiger partial charge in [0.25, 0.3) is 5.56 Å². The van der Waals surface area contributed by atoms with Gasteiger partial charge in [-0.2, -0.15) is 4.98 Å². The third-order valence-corrected chi connectivity index (χ3v) is 6.50. The van der Waals surface area contributed by atoms with Gasteiger partial charge in [-0.25, -0.2) is 0 Å². The van der Waals surface area contributed by atoms with Crippen molar-refractivity contribution in [1.82, 2.24) is 9.55 Å². The zero-order valence-electron chi connectivity index (χ0n) is 18.8. The SMILES string of the molecule is COc1ccc(Cn2c(C3CCCCC3)nc3oc4cc(OC)ccc4c(=O)c3c2=O)cc1. The topological polar surface area (TPSA) is 83.6 Å². The van der Waals surface area contributed by atoms with E-state index < -0.39 is 0 Å². The molecule has 170 valence electrons. The zero-order chi connectivity index (χ0) is 22.9. The zero-order valence-corrected chi connectivity index (χ0v) is 18.8. The third-order valence-electron chi connectivity index (χ3n) is 6.50. The lowest BCUT2D eigenvalue weighted by Crippen LogP contribution is -2.31. The summed E-state index contributed by atoms with van der Waals surface area (Å²) >= 11 is 0. The Labute approximate surface area is 190 Å². The lowest BCUT2D eigenvalue weighted by Gasteiger charge is -2.24. The lowest BCUT2D eigenvalue weighted by molar-refractivity contribution is 0.410. The maximum absolute atomic E-state index is 13.7. The second-order valence-electron chi connectivity index (χ2n) is 8.52. The van der Waals surface area contributed by atoms with Crippen LogP contribution in [0.4, 0.5) is 0 Å². The highest BCUT2D eigenvalue weighted by atomic mass is 16.5. The van der Waals surface area contributed by atoms with Crippen molar-refractivity contribution in [3.05, 3.63) is 74.4 Å². The number of ether oxygens (including phenoxy) is 2. The molecule has 0 bridgehead atoms. The Morgan fingerprint density at radius 1 is 0.970 bits per heavy atom. The summed E-state index contributed by atoms with van der Waals surface area (Å²) < 4.78 is 18.2. The van der Waals surface area contributed by atoms with Crippen LogP contribution in [0.5, 0.6) is 11.5 Å².